The van der Waals surface area contributed by atoms with Crippen LogP contribution in [0.3, 0.4) is 0 Å². The van der Waals surface area contributed by atoms with Crippen LogP contribution in [0.15, 0.2) is 22.9 Å². The fraction of sp³-hybridized carbons (Fsp3) is 0.455. The van der Waals surface area contributed by atoms with Crippen LogP contribution >= 0.6 is 15.9 Å². The van der Waals surface area contributed by atoms with Gasteiger partial charge in [-0.2, -0.15) is 0 Å². The van der Waals surface area contributed by atoms with Gasteiger partial charge in [-0.3, -0.25) is 4.98 Å². The van der Waals surface area contributed by atoms with Crippen LogP contribution in [0.4, 0.5) is 10.5 Å². The normalized spacial score (nSPS) is 16.1. The average molecular weight is 284 g/mol. The Morgan fingerprint density at radius 1 is 1.44 bits per heavy atom. The maximum atomic E-state index is 11.7. The molecule has 1 aromatic heterocycles. The predicted molar refractivity (Wildman–Crippen MR) is 66.3 cm³/mol. The smallest absolute Gasteiger partial charge is 0.319 e. The van der Waals surface area contributed by atoms with E-state index in [2.05, 4.69) is 31.5 Å². The molecule has 0 saturated heterocycles. The highest BCUT2D eigenvalue weighted by molar-refractivity contribution is 9.10. The zero-order valence-corrected chi connectivity index (χ0v) is 10.5. The molecular weight excluding hydrogens is 270 g/mol. The Kier molecular flexibility index (Phi) is 3.77. The minimum absolute atomic E-state index is 0.140. The molecule has 16 heavy (non-hydrogen) atoms. The van der Waals surface area contributed by atoms with Gasteiger partial charge >= 0.3 is 6.03 Å². The number of aromatic nitrogens is 1. The van der Waals surface area contributed by atoms with Gasteiger partial charge in [-0.05, 0) is 34.8 Å². The molecule has 1 fully saturated rings. The van der Waals surface area contributed by atoms with Gasteiger partial charge in [0.2, 0.25) is 0 Å². The van der Waals surface area contributed by atoms with Crippen molar-refractivity contribution in [1.29, 1.82) is 0 Å². The maximum absolute atomic E-state index is 11.7. The van der Waals surface area contributed by atoms with Gasteiger partial charge in [0.05, 0.1) is 10.2 Å². The minimum atomic E-state index is -0.140. The number of amides is 2. The Hall–Kier alpha value is -1.10. The van der Waals surface area contributed by atoms with E-state index < -0.39 is 0 Å². The summed E-state index contributed by atoms with van der Waals surface area (Å²) >= 11 is 3.33. The Labute approximate surface area is 103 Å². The summed E-state index contributed by atoms with van der Waals surface area (Å²) < 4.78 is 0.788. The van der Waals surface area contributed by atoms with Gasteiger partial charge in [-0.25, -0.2) is 4.79 Å². The predicted octanol–water partition coefficient (Wildman–Crippen LogP) is 2.91. The first-order valence-corrected chi connectivity index (χ1v) is 6.22. The van der Waals surface area contributed by atoms with Crippen molar-refractivity contribution in [2.75, 3.05) is 5.32 Å². The molecule has 0 aromatic carbocycles. The number of rotatable bonds is 2. The van der Waals surface area contributed by atoms with E-state index in [9.17, 15) is 4.79 Å². The van der Waals surface area contributed by atoms with Gasteiger partial charge < -0.3 is 10.6 Å². The standard InChI is InChI=1S/C11H14BrN3O/c12-9-7-13-6-5-10(9)15-11(16)14-8-3-1-2-4-8/h5-8H,1-4H2,(H2,13,14,15,16). The van der Waals surface area contributed by atoms with E-state index in [-0.39, 0.29) is 6.03 Å². The molecule has 0 radical (unpaired) electrons. The fourth-order valence-corrected chi connectivity index (χ4v) is 2.24. The lowest BCUT2D eigenvalue weighted by Gasteiger charge is -2.13. The Bertz CT molecular complexity index is 377. The summed E-state index contributed by atoms with van der Waals surface area (Å²) in [6, 6.07) is 1.96. The summed E-state index contributed by atoms with van der Waals surface area (Å²) in [5, 5.41) is 5.76. The number of nitrogens with one attached hydrogen (secondary N) is 2. The van der Waals surface area contributed by atoms with E-state index in [1.165, 1.54) is 12.8 Å². The SMILES string of the molecule is O=C(Nc1ccncc1Br)NC1CCCC1. The average Bonchev–Trinajstić information content (AvgIpc) is 2.74. The van der Waals surface area contributed by atoms with Gasteiger partial charge in [0, 0.05) is 18.4 Å². The number of hydrogen-bond acceptors (Lipinski definition) is 2. The number of urea groups is 1. The van der Waals surface area contributed by atoms with Crippen LogP contribution in [0, 0.1) is 0 Å². The quantitative estimate of drug-likeness (QED) is 0.877. The van der Waals surface area contributed by atoms with E-state index >= 15 is 0 Å². The number of nitrogens with zero attached hydrogens (tertiary/aromatic N) is 1. The van der Waals surface area contributed by atoms with E-state index in [1.807, 2.05) is 0 Å². The summed E-state index contributed by atoms with van der Waals surface area (Å²) in [5.74, 6) is 0. The number of hydrogen-bond donors (Lipinski definition) is 2. The summed E-state index contributed by atoms with van der Waals surface area (Å²) in [4.78, 5) is 15.6. The lowest BCUT2D eigenvalue weighted by Crippen LogP contribution is -2.36. The molecule has 86 valence electrons. The van der Waals surface area contributed by atoms with Crippen LogP contribution in [0.2, 0.25) is 0 Å². The molecule has 0 atom stereocenters. The van der Waals surface area contributed by atoms with E-state index in [1.54, 1.807) is 18.5 Å². The first kappa shape index (κ1) is 11.4. The molecule has 0 spiro atoms. The zero-order chi connectivity index (χ0) is 11.4. The molecule has 2 rings (SSSR count). The lowest BCUT2D eigenvalue weighted by atomic mass is 10.2. The first-order valence-electron chi connectivity index (χ1n) is 5.43. The second kappa shape index (κ2) is 5.30. The van der Waals surface area contributed by atoms with Gasteiger partial charge in [0.1, 0.15) is 0 Å². The summed E-state index contributed by atoms with van der Waals surface area (Å²) in [7, 11) is 0. The van der Waals surface area contributed by atoms with Crippen molar-refractivity contribution in [3.63, 3.8) is 0 Å². The first-order chi connectivity index (χ1) is 7.75. The van der Waals surface area contributed by atoms with Crippen molar-refractivity contribution < 1.29 is 4.79 Å². The van der Waals surface area contributed by atoms with Crippen LogP contribution in [-0.2, 0) is 0 Å². The van der Waals surface area contributed by atoms with E-state index in [4.69, 9.17) is 0 Å². The molecule has 0 unspecified atom stereocenters. The Morgan fingerprint density at radius 2 is 2.19 bits per heavy atom. The van der Waals surface area contributed by atoms with Crippen molar-refractivity contribution in [1.82, 2.24) is 10.3 Å². The fourth-order valence-electron chi connectivity index (χ4n) is 1.89. The molecule has 0 aliphatic heterocycles. The molecule has 4 nitrogen and oxygen atoms in total. The second-order valence-electron chi connectivity index (χ2n) is 3.94. The molecule has 2 N–H and O–H groups in total. The molecular formula is C11H14BrN3O. The van der Waals surface area contributed by atoms with Gasteiger partial charge in [-0.1, -0.05) is 12.8 Å². The third kappa shape index (κ3) is 2.95. The molecule has 1 saturated carbocycles. The third-order valence-corrected chi connectivity index (χ3v) is 3.34. The molecule has 0 bridgehead atoms. The van der Waals surface area contributed by atoms with E-state index in [0.717, 1.165) is 23.0 Å². The number of pyridine rings is 1. The monoisotopic (exact) mass is 283 g/mol. The van der Waals surface area contributed by atoms with Crippen molar-refractivity contribution >= 4 is 27.6 Å². The van der Waals surface area contributed by atoms with E-state index in [0.29, 0.717) is 6.04 Å². The highest BCUT2D eigenvalue weighted by Crippen LogP contribution is 2.21. The molecule has 2 amide bonds. The molecule has 1 heterocycles. The van der Waals surface area contributed by atoms with Crippen molar-refractivity contribution in [3.8, 4) is 0 Å². The number of carbonyl (C=O) groups is 1. The van der Waals surface area contributed by atoms with Crippen LogP contribution in [0.25, 0.3) is 0 Å². The van der Waals surface area contributed by atoms with Crippen LogP contribution < -0.4 is 10.6 Å². The zero-order valence-electron chi connectivity index (χ0n) is 8.87. The molecule has 1 aliphatic carbocycles. The Balaban J connectivity index is 1.89. The van der Waals surface area contributed by atoms with Crippen molar-refractivity contribution in [2.45, 2.75) is 31.7 Å². The highest BCUT2D eigenvalue weighted by Gasteiger charge is 2.17. The number of halogens is 1. The number of anilines is 1. The Morgan fingerprint density at radius 3 is 2.88 bits per heavy atom. The maximum Gasteiger partial charge on any atom is 0.319 e. The topological polar surface area (TPSA) is 54.0 Å². The van der Waals surface area contributed by atoms with Gasteiger partial charge in [0.25, 0.3) is 0 Å². The second-order valence-corrected chi connectivity index (χ2v) is 4.79. The third-order valence-electron chi connectivity index (χ3n) is 2.71. The molecule has 1 aromatic rings. The summed E-state index contributed by atoms with van der Waals surface area (Å²) in [6.45, 7) is 0. The molecule has 1 aliphatic rings. The number of carbonyl (C=O) groups excluding carboxylic acids is 1. The van der Waals surface area contributed by atoms with Gasteiger partial charge in [-0.15, -0.1) is 0 Å². The van der Waals surface area contributed by atoms with Crippen molar-refractivity contribution in [2.24, 2.45) is 0 Å². The molecule has 5 heteroatoms. The largest absolute Gasteiger partial charge is 0.335 e. The summed E-state index contributed by atoms with van der Waals surface area (Å²) in [6.07, 6.45) is 7.91. The van der Waals surface area contributed by atoms with Crippen LogP contribution in [0.5, 0.6) is 0 Å². The van der Waals surface area contributed by atoms with Crippen LogP contribution in [-0.4, -0.2) is 17.1 Å². The lowest BCUT2D eigenvalue weighted by molar-refractivity contribution is 0.248. The highest BCUT2D eigenvalue weighted by atomic mass is 79.9. The minimum Gasteiger partial charge on any atom is -0.335 e. The van der Waals surface area contributed by atoms with Gasteiger partial charge in [0.15, 0.2) is 0 Å². The van der Waals surface area contributed by atoms with Crippen molar-refractivity contribution in [3.05, 3.63) is 22.9 Å². The van der Waals surface area contributed by atoms with Crippen LogP contribution in [0.1, 0.15) is 25.7 Å². The summed E-state index contributed by atoms with van der Waals surface area (Å²) in [5.41, 5.74) is 0.741.